The van der Waals surface area contributed by atoms with E-state index in [-0.39, 0.29) is 24.7 Å². The Balaban J connectivity index is 2.18. The first-order valence-corrected chi connectivity index (χ1v) is 14.1. The first-order chi connectivity index (χ1) is 19.0. The lowest BCUT2D eigenvalue weighted by Gasteiger charge is -2.27. The molecular formula is C29H46N6O5. The molecule has 11 heteroatoms. The Labute approximate surface area is 236 Å². The molecule has 9 N–H and O–H groups in total. The predicted octanol–water partition coefficient (Wildman–Crippen LogP) is 1.80. The van der Waals surface area contributed by atoms with Crippen LogP contribution in [0.1, 0.15) is 65.4 Å². The van der Waals surface area contributed by atoms with Crippen molar-refractivity contribution in [2.75, 3.05) is 6.54 Å². The molecule has 1 heterocycles. The number of para-hydroxylation sites is 1. The number of fused-ring (bicyclic) bond motifs is 1. The van der Waals surface area contributed by atoms with Crippen LogP contribution in [0.4, 0.5) is 0 Å². The maximum absolute atomic E-state index is 13.4. The second kappa shape index (κ2) is 16.0. The Morgan fingerprint density at radius 2 is 1.55 bits per heavy atom. The van der Waals surface area contributed by atoms with Crippen LogP contribution < -0.4 is 27.4 Å². The van der Waals surface area contributed by atoms with E-state index in [1.807, 2.05) is 52.0 Å². The van der Waals surface area contributed by atoms with Crippen LogP contribution in [0, 0.1) is 11.8 Å². The first-order valence-electron chi connectivity index (χ1n) is 14.1. The molecule has 0 fully saturated rings. The van der Waals surface area contributed by atoms with E-state index >= 15 is 0 Å². The number of hydrogen-bond acceptors (Lipinski definition) is 6. The minimum Gasteiger partial charge on any atom is -0.480 e. The number of H-pyrrole nitrogens is 1. The number of amides is 3. The van der Waals surface area contributed by atoms with Crippen LogP contribution in [0.5, 0.6) is 0 Å². The standard InChI is InChI=1S/C29H46N6O5/c1-5-18(4)25(31)28(38)33-22(12-8-9-13-30)26(36)34-23(14-17(2)3)27(37)35-24(29(39)40)15-19-16-32-21-11-7-6-10-20(19)21/h6-7,10-11,16-18,22-25,32H,5,8-9,12-15,30-31H2,1-4H3,(H,33,38)(H,34,36)(H,35,37)(H,39,40). The molecular weight excluding hydrogens is 512 g/mol. The van der Waals surface area contributed by atoms with Crippen molar-refractivity contribution >= 4 is 34.6 Å². The summed E-state index contributed by atoms with van der Waals surface area (Å²) in [5.74, 6) is -2.78. The Kier molecular flexibility index (Phi) is 13.1. The number of nitrogens with two attached hydrogens (primary N) is 2. The Morgan fingerprint density at radius 3 is 2.17 bits per heavy atom. The van der Waals surface area contributed by atoms with Crippen LogP contribution in [0.2, 0.25) is 0 Å². The summed E-state index contributed by atoms with van der Waals surface area (Å²) in [5, 5.41) is 18.9. The number of carbonyl (C=O) groups excluding carboxylic acids is 3. The van der Waals surface area contributed by atoms with Crippen molar-refractivity contribution in [3.63, 3.8) is 0 Å². The number of unbranched alkanes of at least 4 members (excludes halogenated alkanes) is 1. The van der Waals surface area contributed by atoms with E-state index in [1.54, 1.807) is 6.20 Å². The second-order valence-corrected chi connectivity index (χ2v) is 10.9. The molecule has 5 atom stereocenters. The number of carboxylic acid groups (broad SMARTS) is 1. The molecule has 40 heavy (non-hydrogen) atoms. The summed E-state index contributed by atoms with van der Waals surface area (Å²) >= 11 is 0. The maximum atomic E-state index is 13.4. The highest BCUT2D eigenvalue weighted by Crippen LogP contribution is 2.19. The molecule has 11 nitrogen and oxygen atoms in total. The smallest absolute Gasteiger partial charge is 0.326 e. The molecule has 0 saturated carbocycles. The van der Waals surface area contributed by atoms with Crippen molar-refractivity contribution in [3.8, 4) is 0 Å². The van der Waals surface area contributed by atoms with Gasteiger partial charge in [-0.05, 0) is 55.7 Å². The number of benzene rings is 1. The monoisotopic (exact) mass is 558 g/mol. The molecule has 222 valence electrons. The van der Waals surface area contributed by atoms with Crippen molar-refractivity contribution in [1.82, 2.24) is 20.9 Å². The fraction of sp³-hybridized carbons (Fsp3) is 0.586. The fourth-order valence-corrected chi connectivity index (χ4v) is 4.51. The van der Waals surface area contributed by atoms with E-state index in [4.69, 9.17) is 11.5 Å². The van der Waals surface area contributed by atoms with Crippen LogP contribution in [0.15, 0.2) is 30.5 Å². The number of rotatable bonds is 17. The van der Waals surface area contributed by atoms with Gasteiger partial charge in [-0.15, -0.1) is 0 Å². The summed E-state index contributed by atoms with van der Waals surface area (Å²) < 4.78 is 0. The molecule has 2 aromatic rings. The molecule has 0 aliphatic carbocycles. The zero-order valence-corrected chi connectivity index (χ0v) is 24.0. The van der Waals surface area contributed by atoms with Gasteiger partial charge in [0.1, 0.15) is 18.1 Å². The van der Waals surface area contributed by atoms with Crippen LogP contribution in [0.3, 0.4) is 0 Å². The Morgan fingerprint density at radius 1 is 0.925 bits per heavy atom. The molecule has 0 spiro atoms. The van der Waals surface area contributed by atoms with Gasteiger partial charge >= 0.3 is 5.97 Å². The molecule has 1 aromatic carbocycles. The van der Waals surface area contributed by atoms with Gasteiger partial charge in [0.05, 0.1) is 6.04 Å². The van der Waals surface area contributed by atoms with E-state index in [9.17, 15) is 24.3 Å². The number of nitrogens with one attached hydrogen (secondary N) is 4. The van der Waals surface area contributed by atoms with Gasteiger partial charge in [-0.1, -0.05) is 52.3 Å². The summed E-state index contributed by atoms with van der Waals surface area (Å²) in [7, 11) is 0. The number of aliphatic carboxylic acids is 1. The Bertz CT molecular complexity index is 1130. The molecule has 1 aromatic heterocycles. The zero-order valence-electron chi connectivity index (χ0n) is 24.0. The van der Waals surface area contributed by atoms with Gasteiger partial charge in [0.15, 0.2) is 0 Å². The fourth-order valence-electron chi connectivity index (χ4n) is 4.51. The van der Waals surface area contributed by atoms with Crippen LogP contribution in [0.25, 0.3) is 10.9 Å². The minimum atomic E-state index is -1.20. The number of carboxylic acids is 1. The number of aromatic amines is 1. The number of carbonyl (C=O) groups is 4. The molecule has 0 aliphatic heterocycles. The topological polar surface area (TPSA) is 192 Å². The van der Waals surface area contributed by atoms with Crippen molar-refractivity contribution in [3.05, 3.63) is 36.0 Å². The van der Waals surface area contributed by atoms with Crippen molar-refractivity contribution in [2.24, 2.45) is 23.3 Å². The quantitative estimate of drug-likeness (QED) is 0.144. The molecule has 0 saturated heterocycles. The van der Waals surface area contributed by atoms with Gasteiger partial charge in [-0.2, -0.15) is 0 Å². The lowest BCUT2D eigenvalue weighted by Crippen LogP contribution is -2.58. The summed E-state index contributed by atoms with van der Waals surface area (Å²) in [6.07, 6.45) is 4.39. The molecule has 0 bridgehead atoms. The number of aromatic nitrogens is 1. The molecule has 2 rings (SSSR count). The average Bonchev–Trinajstić information content (AvgIpc) is 3.33. The normalized spacial score (nSPS) is 15.2. The van der Waals surface area contributed by atoms with Crippen LogP contribution in [-0.2, 0) is 25.6 Å². The minimum absolute atomic E-state index is 0.0250. The van der Waals surface area contributed by atoms with E-state index in [1.165, 1.54) is 0 Å². The highest BCUT2D eigenvalue weighted by molar-refractivity contribution is 5.94. The van der Waals surface area contributed by atoms with Gasteiger partial charge in [0.25, 0.3) is 0 Å². The summed E-state index contributed by atoms with van der Waals surface area (Å²) in [4.78, 5) is 54.7. The van der Waals surface area contributed by atoms with E-state index in [2.05, 4.69) is 20.9 Å². The average molecular weight is 559 g/mol. The third kappa shape index (κ3) is 9.63. The largest absolute Gasteiger partial charge is 0.480 e. The first kappa shape index (κ1) is 32.8. The molecule has 0 radical (unpaired) electrons. The van der Waals surface area contributed by atoms with E-state index in [0.29, 0.717) is 32.2 Å². The van der Waals surface area contributed by atoms with Gasteiger partial charge in [0, 0.05) is 23.5 Å². The molecule has 0 aliphatic rings. The molecule has 5 unspecified atom stereocenters. The van der Waals surface area contributed by atoms with Crippen molar-refractivity contribution < 1.29 is 24.3 Å². The third-order valence-corrected chi connectivity index (χ3v) is 7.19. The van der Waals surface area contributed by atoms with E-state index < -0.39 is 47.9 Å². The van der Waals surface area contributed by atoms with Gasteiger partial charge in [-0.3, -0.25) is 14.4 Å². The van der Waals surface area contributed by atoms with Crippen molar-refractivity contribution in [1.29, 1.82) is 0 Å². The predicted molar refractivity (Wildman–Crippen MR) is 155 cm³/mol. The third-order valence-electron chi connectivity index (χ3n) is 7.19. The lowest BCUT2D eigenvalue weighted by atomic mass is 9.98. The lowest BCUT2D eigenvalue weighted by molar-refractivity contribution is -0.142. The van der Waals surface area contributed by atoms with E-state index in [0.717, 1.165) is 16.5 Å². The zero-order chi connectivity index (χ0) is 29.8. The highest BCUT2D eigenvalue weighted by Gasteiger charge is 2.31. The summed E-state index contributed by atoms with van der Waals surface area (Å²) in [6, 6.07) is 3.64. The van der Waals surface area contributed by atoms with Crippen LogP contribution in [-0.4, -0.2) is 64.5 Å². The SMILES string of the molecule is CCC(C)C(N)C(=O)NC(CCCCN)C(=O)NC(CC(C)C)C(=O)NC(Cc1c[nH]c2ccccc12)C(=O)O. The highest BCUT2D eigenvalue weighted by atomic mass is 16.4. The maximum Gasteiger partial charge on any atom is 0.326 e. The van der Waals surface area contributed by atoms with Gasteiger partial charge in [0.2, 0.25) is 17.7 Å². The summed E-state index contributed by atoms with van der Waals surface area (Å²) in [6.45, 7) is 8.05. The second-order valence-electron chi connectivity index (χ2n) is 10.9. The Hall–Kier alpha value is -3.44. The summed E-state index contributed by atoms with van der Waals surface area (Å²) in [5.41, 5.74) is 13.3. The van der Waals surface area contributed by atoms with Crippen LogP contribution >= 0.6 is 0 Å². The number of hydrogen-bond donors (Lipinski definition) is 7. The van der Waals surface area contributed by atoms with Crippen molar-refractivity contribution in [2.45, 2.75) is 90.4 Å². The van der Waals surface area contributed by atoms with Gasteiger partial charge in [-0.25, -0.2) is 4.79 Å². The van der Waals surface area contributed by atoms with Gasteiger partial charge < -0.3 is 37.5 Å². The molecule has 3 amide bonds.